The van der Waals surface area contributed by atoms with Crippen LogP contribution in [0.4, 0.5) is 0 Å². The zero-order valence-electron chi connectivity index (χ0n) is 9.90. The summed E-state index contributed by atoms with van der Waals surface area (Å²) in [6.45, 7) is 0. The maximum atomic E-state index is 11.2. The molecule has 3 nitrogen and oxygen atoms in total. The second-order valence-electron chi connectivity index (χ2n) is 4.51. The molecule has 2 aromatic rings. The predicted octanol–water partition coefficient (Wildman–Crippen LogP) is 3.22. The van der Waals surface area contributed by atoms with Gasteiger partial charge in [-0.05, 0) is 37.8 Å². The number of halogens is 1. The van der Waals surface area contributed by atoms with Crippen LogP contribution in [-0.2, 0) is 12.8 Å². The second kappa shape index (κ2) is 4.58. The van der Waals surface area contributed by atoms with Crippen molar-refractivity contribution in [3.63, 3.8) is 0 Å². The first-order valence-corrected chi connectivity index (χ1v) is 6.48. The summed E-state index contributed by atoms with van der Waals surface area (Å²) in [6.07, 6.45) is 7.00. The van der Waals surface area contributed by atoms with Gasteiger partial charge >= 0.3 is 0 Å². The molecule has 0 N–H and O–H groups in total. The highest BCUT2D eigenvalue weighted by atomic mass is 35.5. The van der Waals surface area contributed by atoms with E-state index < -0.39 is 0 Å². The van der Waals surface area contributed by atoms with Crippen LogP contribution in [-0.4, -0.2) is 15.8 Å². The van der Waals surface area contributed by atoms with Crippen molar-refractivity contribution in [2.45, 2.75) is 25.7 Å². The maximum absolute atomic E-state index is 11.2. The van der Waals surface area contributed by atoms with Crippen LogP contribution in [0.1, 0.15) is 34.6 Å². The topological polar surface area (TPSA) is 34.9 Å². The number of aldehydes is 1. The molecule has 4 heteroatoms. The quantitative estimate of drug-likeness (QED) is 0.777. The molecule has 0 atom stereocenters. The number of para-hydroxylation sites is 1. The standard InChI is InChI=1S/C14H13ClN2O/c15-11-5-3-4-10(8-18)14(11)17-9-16-12-6-1-2-7-13(12)17/h3-5,8-9H,1-2,6-7H2. The summed E-state index contributed by atoms with van der Waals surface area (Å²) in [5.74, 6) is 0. The lowest BCUT2D eigenvalue weighted by Crippen LogP contribution is -2.08. The van der Waals surface area contributed by atoms with E-state index >= 15 is 0 Å². The van der Waals surface area contributed by atoms with Crippen LogP contribution in [0.15, 0.2) is 24.5 Å². The third-order valence-corrected chi connectivity index (χ3v) is 3.72. The Balaban J connectivity index is 2.21. The van der Waals surface area contributed by atoms with Crippen LogP contribution in [0.3, 0.4) is 0 Å². The van der Waals surface area contributed by atoms with Crippen molar-refractivity contribution in [2.24, 2.45) is 0 Å². The summed E-state index contributed by atoms with van der Waals surface area (Å²) < 4.78 is 1.97. The highest BCUT2D eigenvalue weighted by molar-refractivity contribution is 6.32. The van der Waals surface area contributed by atoms with E-state index in [4.69, 9.17) is 11.6 Å². The van der Waals surface area contributed by atoms with Crippen molar-refractivity contribution < 1.29 is 4.79 Å². The lowest BCUT2D eigenvalue weighted by atomic mass is 10.0. The SMILES string of the molecule is O=Cc1cccc(Cl)c1-n1cnc2c1CCCC2. The van der Waals surface area contributed by atoms with E-state index in [9.17, 15) is 4.79 Å². The molecule has 0 saturated heterocycles. The van der Waals surface area contributed by atoms with Gasteiger partial charge in [0.05, 0.1) is 22.7 Å². The number of carbonyl (C=O) groups excluding carboxylic acids is 1. The summed E-state index contributed by atoms with van der Waals surface area (Å²) in [6, 6.07) is 5.38. The largest absolute Gasteiger partial charge is 0.301 e. The van der Waals surface area contributed by atoms with Crippen LogP contribution in [0.5, 0.6) is 0 Å². The molecular formula is C14H13ClN2O. The minimum absolute atomic E-state index is 0.588. The van der Waals surface area contributed by atoms with Crippen molar-refractivity contribution in [2.75, 3.05) is 0 Å². The minimum atomic E-state index is 0.588. The average Bonchev–Trinajstić information content (AvgIpc) is 2.82. The molecule has 18 heavy (non-hydrogen) atoms. The normalized spacial score (nSPS) is 14.3. The Morgan fingerprint density at radius 3 is 2.94 bits per heavy atom. The fourth-order valence-electron chi connectivity index (χ4n) is 2.54. The van der Waals surface area contributed by atoms with Gasteiger partial charge in [-0.25, -0.2) is 4.98 Å². The van der Waals surface area contributed by atoms with Gasteiger partial charge in [0.25, 0.3) is 0 Å². The number of hydrogen-bond donors (Lipinski definition) is 0. The van der Waals surface area contributed by atoms with Gasteiger partial charge < -0.3 is 4.57 Å². The van der Waals surface area contributed by atoms with Crippen LogP contribution < -0.4 is 0 Å². The molecule has 1 heterocycles. The molecule has 0 amide bonds. The predicted molar refractivity (Wildman–Crippen MR) is 70.6 cm³/mol. The van der Waals surface area contributed by atoms with Crippen LogP contribution in [0.25, 0.3) is 5.69 Å². The molecule has 1 aliphatic carbocycles. The van der Waals surface area contributed by atoms with E-state index in [2.05, 4.69) is 4.98 Å². The van der Waals surface area contributed by atoms with E-state index in [0.29, 0.717) is 10.6 Å². The molecule has 1 aliphatic rings. The number of nitrogens with zero attached hydrogens (tertiary/aromatic N) is 2. The summed E-state index contributed by atoms with van der Waals surface area (Å²) in [7, 11) is 0. The smallest absolute Gasteiger partial charge is 0.152 e. The number of imidazole rings is 1. The van der Waals surface area contributed by atoms with Gasteiger partial charge in [0.15, 0.2) is 6.29 Å². The molecule has 1 aromatic heterocycles. The molecule has 92 valence electrons. The fraction of sp³-hybridized carbons (Fsp3) is 0.286. The summed E-state index contributed by atoms with van der Waals surface area (Å²) in [5, 5.41) is 0.588. The van der Waals surface area contributed by atoms with Crippen LogP contribution >= 0.6 is 11.6 Å². The second-order valence-corrected chi connectivity index (χ2v) is 4.92. The Labute approximate surface area is 110 Å². The first-order valence-electron chi connectivity index (χ1n) is 6.10. The Morgan fingerprint density at radius 2 is 2.11 bits per heavy atom. The zero-order chi connectivity index (χ0) is 12.5. The Bertz CT molecular complexity index is 604. The number of aromatic nitrogens is 2. The molecule has 0 fully saturated rings. The Hall–Kier alpha value is -1.61. The number of fused-ring (bicyclic) bond motifs is 1. The van der Waals surface area contributed by atoms with Crippen molar-refractivity contribution in [3.8, 4) is 5.69 Å². The highest BCUT2D eigenvalue weighted by Crippen LogP contribution is 2.28. The van der Waals surface area contributed by atoms with E-state index in [1.165, 1.54) is 18.5 Å². The van der Waals surface area contributed by atoms with E-state index in [0.717, 1.165) is 30.5 Å². The summed E-state index contributed by atoms with van der Waals surface area (Å²) >= 11 is 6.23. The maximum Gasteiger partial charge on any atom is 0.152 e. The Morgan fingerprint density at radius 1 is 1.28 bits per heavy atom. The van der Waals surface area contributed by atoms with E-state index in [1.54, 1.807) is 24.5 Å². The molecule has 0 spiro atoms. The van der Waals surface area contributed by atoms with E-state index in [1.807, 2.05) is 4.57 Å². The van der Waals surface area contributed by atoms with Crippen molar-refractivity contribution >= 4 is 17.9 Å². The monoisotopic (exact) mass is 260 g/mol. The number of benzene rings is 1. The molecule has 0 radical (unpaired) electrons. The molecular weight excluding hydrogens is 248 g/mol. The molecule has 0 saturated carbocycles. The third kappa shape index (κ3) is 1.75. The van der Waals surface area contributed by atoms with Crippen molar-refractivity contribution in [1.82, 2.24) is 9.55 Å². The van der Waals surface area contributed by atoms with Crippen molar-refractivity contribution in [1.29, 1.82) is 0 Å². The Kier molecular flexibility index (Phi) is 2.92. The number of hydrogen-bond acceptors (Lipinski definition) is 2. The number of rotatable bonds is 2. The molecule has 0 aliphatic heterocycles. The van der Waals surface area contributed by atoms with Gasteiger partial charge in [-0.3, -0.25) is 4.79 Å². The van der Waals surface area contributed by atoms with Gasteiger partial charge in [-0.15, -0.1) is 0 Å². The molecule has 1 aromatic carbocycles. The number of carbonyl (C=O) groups is 1. The lowest BCUT2D eigenvalue weighted by molar-refractivity contribution is 0.112. The molecule has 3 rings (SSSR count). The summed E-state index contributed by atoms with van der Waals surface area (Å²) in [4.78, 5) is 15.6. The first-order chi connectivity index (χ1) is 8.81. The van der Waals surface area contributed by atoms with Crippen molar-refractivity contribution in [3.05, 3.63) is 46.5 Å². The summed E-state index contributed by atoms with van der Waals surface area (Å²) in [5.41, 5.74) is 3.69. The highest BCUT2D eigenvalue weighted by Gasteiger charge is 2.18. The number of aryl methyl sites for hydroxylation is 1. The van der Waals surface area contributed by atoms with Crippen LogP contribution in [0, 0.1) is 0 Å². The lowest BCUT2D eigenvalue weighted by Gasteiger charge is -2.16. The third-order valence-electron chi connectivity index (χ3n) is 3.42. The fourth-order valence-corrected chi connectivity index (χ4v) is 2.82. The molecule has 0 bridgehead atoms. The minimum Gasteiger partial charge on any atom is -0.301 e. The van der Waals surface area contributed by atoms with Gasteiger partial charge in [0.2, 0.25) is 0 Å². The van der Waals surface area contributed by atoms with Gasteiger partial charge in [0.1, 0.15) is 0 Å². The van der Waals surface area contributed by atoms with Gasteiger partial charge in [-0.2, -0.15) is 0 Å². The van der Waals surface area contributed by atoms with Crippen LogP contribution in [0.2, 0.25) is 5.02 Å². The van der Waals surface area contributed by atoms with Gasteiger partial charge in [0, 0.05) is 11.3 Å². The first kappa shape index (κ1) is 11.5. The molecule has 0 unspecified atom stereocenters. The van der Waals surface area contributed by atoms with Gasteiger partial charge in [-0.1, -0.05) is 17.7 Å². The van der Waals surface area contributed by atoms with E-state index in [-0.39, 0.29) is 0 Å². The zero-order valence-corrected chi connectivity index (χ0v) is 10.7. The average molecular weight is 261 g/mol.